The predicted molar refractivity (Wildman–Crippen MR) is 163 cm³/mol. The summed E-state index contributed by atoms with van der Waals surface area (Å²) < 4.78 is 12.6. The van der Waals surface area contributed by atoms with Crippen LogP contribution in [0.2, 0.25) is 0 Å². The number of carbonyl (C=O) groups is 1. The van der Waals surface area contributed by atoms with Crippen LogP contribution in [0.1, 0.15) is 25.0 Å². The molecule has 1 aromatic heterocycles. The molecule has 0 aliphatic carbocycles. The van der Waals surface area contributed by atoms with Gasteiger partial charge in [0.2, 0.25) is 5.91 Å². The second kappa shape index (κ2) is 12.4. The number of carbonyl (C=O) groups excluding carboxylic acids is 1. The van der Waals surface area contributed by atoms with Crippen LogP contribution in [0.3, 0.4) is 0 Å². The summed E-state index contributed by atoms with van der Waals surface area (Å²) in [6, 6.07) is 14.0. The first-order valence-electron chi connectivity index (χ1n) is 14.8. The van der Waals surface area contributed by atoms with Crippen molar-refractivity contribution >= 4 is 28.2 Å². The molecule has 3 aliphatic rings. The van der Waals surface area contributed by atoms with Crippen molar-refractivity contribution in [2.24, 2.45) is 0 Å². The van der Waals surface area contributed by atoms with Crippen molar-refractivity contribution in [3.05, 3.63) is 54.7 Å². The lowest BCUT2D eigenvalue weighted by Gasteiger charge is -2.41. The molecule has 0 bridgehead atoms. The van der Waals surface area contributed by atoms with E-state index >= 15 is 0 Å². The average molecular weight is 584 g/mol. The van der Waals surface area contributed by atoms with Crippen molar-refractivity contribution in [1.29, 1.82) is 5.26 Å². The number of nitriles is 1. The van der Waals surface area contributed by atoms with Crippen LogP contribution in [0.4, 0.5) is 11.5 Å². The number of rotatable bonds is 7. The number of likely N-dealkylation sites (tertiary alicyclic amines) is 1. The van der Waals surface area contributed by atoms with Gasteiger partial charge in [0.15, 0.2) is 11.6 Å². The second-order valence-electron chi connectivity index (χ2n) is 11.3. The topological polar surface area (TPSA) is 118 Å². The first-order chi connectivity index (χ1) is 20.9. The van der Waals surface area contributed by atoms with Gasteiger partial charge in [-0.2, -0.15) is 15.2 Å². The van der Waals surface area contributed by atoms with Crippen molar-refractivity contribution < 1.29 is 19.4 Å². The summed E-state index contributed by atoms with van der Waals surface area (Å²) in [4.78, 5) is 30.5. The number of amides is 1. The van der Waals surface area contributed by atoms with Gasteiger partial charge in [0.1, 0.15) is 24.7 Å². The summed E-state index contributed by atoms with van der Waals surface area (Å²) in [7, 11) is 2.11. The van der Waals surface area contributed by atoms with Crippen LogP contribution in [-0.4, -0.2) is 95.9 Å². The molecular formula is C32H37N7O4. The van der Waals surface area contributed by atoms with Crippen LogP contribution in [0.25, 0.3) is 10.8 Å². The summed E-state index contributed by atoms with van der Waals surface area (Å²) in [5.74, 6) is 1.20. The minimum Gasteiger partial charge on any atom is -0.508 e. The third-order valence-corrected chi connectivity index (χ3v) is 8.65. The molecule has 3 aliphatic heterocycles. The first kappa shape index (κ1) is 28.6. The van der Waals surface area contributed by atoms with E-state index in [9.17, 15) is 15.2 Å². The maximum absolute atomic E-state index is 12.5. The third-order valence-electron chi connectivity index (χ3n) is 8.65. The normalized spacial score (nSPS) is 20.7. The highest BCUT2D eigenvalue weighted by Gasteiger charge is 2.34. The third kappa shape index (κ3) is 5.88. The number of piperazine rings is 1. The van der Waals surface area contributed by atoms with E-state index in [1.807, 2.05) is 24.3 Å². The molecule has 0 saturated carbocycles. The van der Waals surface area contributed by atoms with E-state index < -0.39 is 0 Å². The van der Waals surface area contributed by atoms with Crippen molar-refractivity contribution in [3.8, 4) is 23.6 Å². The minimum atomic E-state index is -0.313. The number of phenolic OH excluding ortho intramolecular Hbond substituents is 1. The van der Waals surface area contributed by atoms with Gasteiger partial charge in [0, 0.05) is 42.8 Å². The summed E-state index contributed by atoms with van der Waals surface area (Å²) >= 11 is 0. The van der Waals surface area contributed by atoms with E-state index in [0.717, 1.165) is 35.8 Å². The molecular weight excluding hydrogens is 546 g/mol. The number of likely N-dealkylation sites (N-methyl/N-ethyl adjacent to an activating group) is 1. The van der Waals surface area contributed by atoms with Gasteiger partial charge in [-0.3, -0.25) is 4.79 Å². The van der Waals surface area contributed by atoms with Gasteiger partial charge in [-0.1, -0.05) is 30.8 Å². The lowest BCUT2D eigenvalue weighted by Crippen LogP contribution is -2.55. The molecule has 6 rings (SSSR count). The molecule has 2 atom stereocenters. The number of ether oxygens (including phenoxy) is 2. The molecule has 11 heteroatoms. The summed E-state index contributed by atoms with van der Waals surface area (Å²) in [6.07, 6.45) is 3.69. The Labute approximate surface area is 251 Å². The zero-order valence-electron chi connectivity index (χ0n) is 24.5. The number of benzene rings is 2. The van der Waals surface area contributed by atoms with E-state index in [2.05, 4.69) is 34.4 Å². The number of hydrogen-bond acceptors (Lipinski definition) is 10. The maximum Gasteiger partial charge on any atom is 0.318 e. The molecule has 1 N–H and O–H groups in total. The zero-order chi connectivity index (χ0) is 29.9. The largest absolute Gasteiger partial charge is 0.508 e. The number of nitrogens with zero attached hydrogens (tertiary/aromatic N) is 7. The molecule has 0 unspecified atom stereocenters. The fourth-order valence-corrected chi connectivity index (χ4v) is 6.35. The fraction of sp³-hybridized carbons (Fsp3) is 0.438. The van der Waals surface area contributed by atoms with Crippen molar-refractivity contribution in [2.75, 3.05) is 62.8 Å². The zero-order valence-corrected chi connectivity index (χ0v) is 24.5. The smallest absolute Gasteiger partial charge is 0.318 e. The van der Waals surface area contributed by atoms with E-state index in [4.69, 9.17) is 19.4 Å². The Morgan fingerprint density at radius 1 is 1.19 bits per heavy atom. The Kier molecular flexibility index (Phi) is 8.20. The lowest BCUT2D eigenvalue weighted by atomic mass is 10.1. The van der Waals surface area contributed by atoms with Crippen LogP contribution in [-0.2, 0) is 11.3 Å². The molecule has 43 heavy (non-hydrogen) atoms. The predicted octanol–water partition coefficient (Wildman–Crippen LogP) is 3.32. The maximum atomic E-state index is 12.5. The molecule has 2 fully saturated rings. The van der Waals surface area contributed by atoms with Crippen LogP contribution in [0, 0.1) is 11.3 Å². The molecule has 2 aromatic carbocycles. The molecule has 0 spiro atoms. The fourth-order valence-electron chi connectivity index (χ4n) is 6.35. The van der Waals surface area contributed by atoms with Crippen LogP contribution < -0.4 is 19.3 Å². The van der Waals surface area contributed by atoms with Gasteiger partial charge in [-0.05, 0) is 44.0 Å². The number of phenols is 1. The van der Waals surface area contributed by atoms with Gasteiger partial charge in [0.05, 0.1) is 31.6 Å². The Morgan fingerprint density at radius 3 is 2.84 bits per heavy atom. The lowest BCUT2D eigenvalue weighted by molar-refractivity contribution is -0.128. The van der Waals surface area contributed by atoms with E-state index in [1.165, 1.54) is 6.08 Å². The molecule has 4 heterocycles. The van der Waals surface area contributed by atoms with Crippen LogP contribution in [0.5, 0.6) is 17.5 Å². The number of anilines is 2. The summed E-state index contributed by atoms with van der Waals surface area (Å²) in [6.45, 7) is 7.91. The number of aromatic hydroxyl groups is 1. The van der Waals surface area contributed by atoms with Crippen LogP contribution >= 0.6 is 0 Å². The molecule has 3 aromatic rings. The van der Waals surface area contributed by atoms with Gasteiger partial charge >= 0.3 is 6.01 Å². The Balaban J connectivity index is 1.36. The highest BCUT2D eigenvalue weighted by Crippen LogP contribution is 2.38. The highest BCUT2D eigenvalue weighted by atomic mass is 16.5. The van der Waals surface area contributed by atoms with Gasteiger partial charge in [-0.25, -0.2) is 0 Å². The van der Waals surface area contributed by atoms with Gasteiger partial charge < -0.3 is 34.2 Å². The molecule has 11 nitrogen and oxygen atoms in total. The van der Waals surface area contributed by atoms with Crippen molar-refractivity contribution in [3.63, 3.8) is 0 Å². The Hall–Kier alpha value is -4.56. The first-order valence-corrected chi connectivity index (χ1v) is 14.8. The Bertz CT molecular complexity index is 1560. The average Bonchev–Trinajstić information content (AvgIpc) is 3.30. The SMILES string of the molecule is C=CC(=O)N1CCN(c2nc(OC[C@@H]3CCCN3C)nc3c2OCCN(c2cc(O)cc4ccccc24)C3)C[C@@H]1CC#N. The van der Waals surface area contributed by atoms with Crippen LogP contribution in [0.15, 0.2) is 49.1 Å². The van der Waals surface area contributed by atoms with Gasteiger partial charge in [-0.15, -0.1) is 0 Å². The summed E-state index contributed by atoms with van der Waals surface area (Å²) in [5.41, 5.74) is 1.58. The minimum absolute atomic E-state index is 0.184. The van der Waals surface area contributed by atoms with Crippen molar-refractivity contribution in [1.82, 2.24) is 19.8 Å². The standard InChI is InChI=1S/C32H37N7O4/c1-3-29(41)39-14-13-38(19-23(39)10-11-33)31-30-27(34-32(35-31)43-21-24-8-6-12-36(24)2)20-37(15-16-42-30)28-18-25(40)17-22-7-4-5-9-26(22)28/h3-5,7,9,17-18,23-24,40H,1,6,8,10,12-16,19-21H2,2H3/t23-,24-/m0/s1. The van der Waals surface area contributed by atoms with E-state index in [0.29, 0.717) is 69.2 Å². The molecule has 2 saturated heterocycles. The van der Waals surface area contributed by atoms with Gasteiger partial charge in [0.25, 0.3) is 0 Å². The molecule has 1 amide bonds. The monoisotopic (exact) mass is 583 g/mol. The number of hydrogen-bond donors (Lipinski definition) is 1. The second-order valence-corrected chi connectivity index (χ2v) is 11.3. The van der Waals surface area contributed by atoms with E-state index in [1.54, 1.807) is 17.0 Å². The summed E-state index contributed by atoms with van der Waals surface area (Å²) in [5, 5.41) is 22.0. The number of fused-ring (bicyclic) bond motifs is 2. The Morgan fingerprint density at radius 2 is 2.05 bits per heavy atom. The highest BCUT2D eigenvalue weighted by molar-refractivity contribution is 5.95. The molecule has 0 radical (unpaired) electrons. The molecule has 224 valence electrons. The number of aromatic nitrogens is 2. The van der Waals surface area contributed by atoms with E-state index in [-0.39, 0.29) is 30.1 Å². The quantitative estimate of drug-likeness (QED) is 0.415. The van der Waals surface area contributed by atoms with Crippen molar-refractivity contribution in [2.45, 2.75) is 37.9 Å².